The maximum atomic E-state index is 6.26. The van der Waals surface area contributed by atoms with Crippen LogP contribution in [-0.4, -0.2) is 13.1 Å². The molecule has 0 aliphatic carbocycles. The third-order valence-electron chi connectivity index (χ3n) is 0.868. The Kier molecular flexibility index (Phi) is 20.9. The van der Waals surface area contributed by atoms with Crippen molar-refractivity contribution in [1.29, 1.82) is 0 Å². The van der Waals surface area contributed by atoms with Gasteiger partial charge in [-0.2, -0.15) is 18.0 Å². The second-order valence-corrected chi connectivity index (χ2v) is 2.28. The van der Waals surface area contributed by atoms with Gasteiger partial charge in [0, 0.05) is 0 Å². The maximum Gasteiger partial charge on any atom is 4.00 e. The molecule has 0 aliphatic rings. The van der Waals surface area contributed by atoms with Gasteiger partial charge in [0.15, 0.2) is 0 Å². The third kappa shape index (κ3) is 14.8. The van der Waals surface area contributed by atoms with E-state index in [4.69, 9.17) is 24.1 Å². The van der Waals surface area contributed by atoms with Crippen LogP contribution < -0.4 is 0 Å². The van der Waals surface area contributed by atoms with E-state index in [0.29, 0.717) is 0 Å². The molecule has 0 spiro atoms. The van der Waals surface area contributed by atoms with Crippen LogP contribution in [0.5, 0.6) is 0 Å². The molecule has 1 rings (SSSR count). The first-order chi connectivity index (χ1) is 5.31. The molecule has 4 heteroatoms. The van der Waals surface area contributed by atoms with E-state index in [1.165, 1.54) is 0 Å². The molecule has 0 fully saturated rings. The predicted octanol–water partition coefficient (Wildman–Crippen LogP) is 3.13. The van der Waals surface area contributed by atoms with Crippen LogP contribution in [0.4, 0.5) is 0 Å². The zero-order valence-electron chi connectivity index (χ0n) is 7.56. The van der Waals surface area contributed by atoms with Gasteiger partial charge in [0.2, 0.25) is 0 Å². The van der Waals surface area contributed by atoms with Crippen molar-refractivity contribution in [1.82, 2.24) is 0 Å². The van der Waals surface area contributed by atoms with Crippen molar-refractivity contribution in [3.05, 3.63) is 49.2 Å². The van der Waals surface area contributed by atoms with Gasteiger partial charge in [-0.25, -0.2) is 0 Å². The van der Waals surface area contributed by atoms with E-state index in [1.54, 1.807) is 0 Å². The van der Waals surface area contributed by atoms with E-state index in [9.17, 15) is 0 Å². The van der Waals surface area contributed by atoms with Gasteiger partial charge in [-0.1, -0.05) is 30.3 Å². The van der Waals surface area contributed by atoms with Crippen molar-refractivity contribution >= 4 is 12.6 Å². The van der Waals surface area contributed by atoms with Crippen LogP contribution in [-0.2, 0) is 32.1 Å². The SMILES string of the molecule is [CH3-].[NH-]CC[NH-].[Ru+4].[S-]c1ccccc1. The van der Waals surface area contributed by atoms with Crippen LogP contribution in [0.2, 0.25) is 0 Å². The molecule has 0 amide bonds. The average Bonchev–Trinajstić information content (AvgIpc) is 2.07. The van der Waals surface area contributed by atoms with Crippen LogP contribution in [0.1, 0.15) is 0 Å². The Morgan fingerprint density at radius 1 is 1.00 bits per heavy atom. The van der Waals surface area contributed by atoms with Gasteiger partial charge in [0.1, 0.15) is 0 Å². The topological polar surface area (TPSA) is 47.6 Å². The summed E-state index contributed by atoms with van der Waals surface area (Å²) in [5, 5.41) is 0. The summed E-state index contributed by atoms with van der Waals surface area (Å²) in [7, 11) is 0. The molecule has 1 aromatic rings. The Morgan fingerprint density at radius 2 is 1.38 bits per heavy atom. The second-order valence-electron chi connectivity index (χ2n) is 1.81. The van der Waals surface area contributed by atoms with Gasteiger partial charge in [0.25, 0.3) is 0 Å². The predicted molar refractivity (Wildman–Crippen MR) is 56.9 cm³/mol. The molecule has 13 heavy (non-hydrogen) atoms. The molecular formula is C9H14N2RuS. The van der Waals surface area contributed by atoms with Crippen LogP contribution in [0, 0.1) is 7.43 Å². The number of hydrogen-bond donors (Lipinski definition) is 0. The first kappa shape index (κ1) is 18.7. The van der Waals surface area contributed by atoms with Gasteiger partial charge in [0.05, 0.1) is 0 Å². The van der Waals surface area contributed by atoms with E-state index >= 15 is 0 Å². The van der Waals surface area contributed by atoms with E-state index in [-0.39, 0.29) is 40.0 Å². The van der Waals surface area contributed by atoms with Gasteiger partial charge >= 0.3 is 19.5 Å². The molecule has 0 radical (unpaired) electrons. The van der Waals surface area contributed by atoms with Crippen LogP contribution in [0.15, 0.2) is 35.2 Å². The zero-order valence-corrected chi connectivity index (χ0v) is 10.1. The van der Waals surface area contributed by atoms with Crippen molar-refractivity contribution in [2.45, 2.75) is 4.90 Å². The Bertz CT molecular complexity index is 169. The molecule has 74 valence electrons. The normalized spacial score (nSPS) is 6.92. The Hall–Kier alpha value is -0.0166. The second kappa shape index (κ2) is 14.5. The minimum absolute atomic E-state index is 0. The quantitative estimate of drug-likeness (QED) is 0.444. The van der Waals surface area contributed by atoms with E-state index in [2.05, 4.69) is 0 Å². The number of hydrogen-bond acceptors (Lipinski definition) is 1. The van der Waals surface area contributed by atoms with Gasteiger partial charge in [-0.05, 0) is 0 Å². The summed E-state index contributed by atoms with van der Waals surface area (Å²) in [5.41, 5.74) is 12.5. The van der Waals surface area contributed by atoms with Crippen molar-refractivity contribution in [3.63, 3.8) is 0 Å². The zero-order chi connectivity index (χ0) is 8.53. The first-order valence-corrected chi connectivity index (χ1v) is 3.73. The molecule has 2 nitrogen and oxygen atoms in total. The third-order valence-corrected chi connectivity index (χ3v) is 1.14. The van der Waals surface area contributed by atoms with Crippen molar-refractivity contribution in [2.75, 3.05) is 13.1 Å². The smallest absolute Gasteiger partial charge is 0.780 e. The summed E-state index contributed by atoms with van der Waals surface area (Å²) < 4.78 is 0. The van der Waals surface area contributed by atoms with Crippen LogP contribution in [0.25, 0.3) is 11.5 Å². The van der Waals surface area contributed by atoms with E-state index in [1.807, 2.05) is 30.3 Å². The Balaban J connectivity index is -0.000000150. The first-order valence-electron chi connectivity index (χ1n) is 3.32. The molecule has 0 unspecified atom stereocenters. The molecule has 0 saturated carbocycles. The van der Waals surface area contributed by atoms with Gasteiger partial charge in [-0.3, -0.25) is 0 Å². The molecule has 0 bridgehead atoms. The minimum Gasteiger partial charge on any atom is -0.780 e. The number of rotatable bonds is 1. The minimum atomic E-state index is 0. The molecule has 0 aromatic heterocycles. The maximum absolute atomic E-state index is 6.26. The number of nitrogens with one attached hydrogen (secondary N) is 2. The monoisotopic (exact) mass is 284 g/mol. The summed E-state index contributed by atoms with van der Waals surface area (Å²) in [4.78, 5) is 0.905. The molecule has 2 N–H and O–H groups in total. The standard InChI is InChI=1S/C6H6S.C2H6N2.CH3.Ru/c7-6-4-2-1-3-5-6;3-1-2-4;;/h1-5,7H;3-4H,1-2H2;1H3;/q;-2;-1;+4/p-1. The summed E-state index contributed by atoms with van der Waals surface area (Å²) in [6, 6.07) is 9.62. The van der Waals surface area contributed by atoms with E-state index in [0.717, 1.165) is 4.90 Å². The Labute approximate surface area is 99.3 Å². The molecule has 0 aliphatic heterocycles. The molecular weight excluding hydrogens is 269 g/mol. The van der Waals surface area contributed by atoms with Gasteiger partial charge in [-0.15, -0.1) is 0 Å². The van der Waals surface area contributed by atoms with Crippen LogP contribution >= 0.6 is 0 Å². The molecule has 0 atom stereocenters. The van der Waals surface area contributed by atoms with Crippen molar-refractivity contribution in [2.24, 2.45) is 0 Å². The fourth-order valence-corrected chi connectivity index (χ4v) is 0.578. The largest absolute Gasteiger partial charge is 4.00 e. The summed E-state index contributed by atoms with van der Waals surface area (Å²) in [6.45, 7) is 0.472. The number of benzene rings is 1. The van der Waals surface area contributed by atoms with Crippen molar-refractivity contribution < 1.29 is 19.5 Å². The fraction of sp³-hybridized carbons (Fsp3) is 0.222. The van der Waals surface area contributed by atoms with Gasteiger partial charge < -0.3 is 31.5 Å². The molecule has 0 saturated heterocycles. The summed E-state index contributed by atoms with van der Waals surface area (Å²) in [6.07, 6.45) is 0. The molecule has 0 heterocycles. The summed E-state index contributed by atoms with van der Waals surface area (Å²) >= 11 is 4.81. The summed E-state index contributed by atoms with van der Waals surface area (Å²) in [5.74, 6) is 0. The van der Waals surface area contributed by atoms with Crippen molar-refractivity contribution in [3.8, 4) is 0 Å². The van der Waals surface area contributed by atoms with Crippen LogP contribution in [0.3, 0.4) is 0 Å². The Morgan fingerprint density at radius 3 is 1.54 bits per heavy atom. The van der Waals surface area contributed by atoms with E-state index < -0.39 is 0 Å². The fourth-order valence-electron chi connectivity index (χ4n) is 0.420. The molecule has 1 aromatic carbocycles. The average molecular weight is 283 g/mol.